The highest BCUT2D eigenvalue weighted by Crippen LogP contribution is 2.25. The lowest BCUT2D eigenvalue weighted by Gasteiger charge is -2.14. The molecule has 142 valence electrons. The van der Waals surface area contributed by atoms with Crippen LogP contribution in [-0.4, -0.2) is 34.4 Å². The van der Waals surface area contributed by atoms with E-state index < -0.39 is 6.10 Å². The van der Waals surface area contributed by atoms with Gasteiger partial charge in [0, 0.05) is 30.0 Å². The summed E-state index contributed by atoms with van der Waals surface area (Å²) >= 11 is 0. The standard InChI is InChI=1S/C22H21N3O3/c26-18-11-9-17(10-12-18)24-14-19(27)13-23-16-7-5-15(6-8-16)22-25-20-3-1-2-4-21(20)28-22/h1-12,19,23-24,26-27H,13-14H2. The van der Waals surface area contributed by atoms with Gasteiger partial charge in [-0.2, -0.15) is 0 Å². The van der Waals surface area contributed by atoms with Crippen molar-refractivity contribution >= 4 is 22.5 Å². The normalized spacial score (nSPS) is 12.0. The van der Waals surface area contributed by atoms with Crippen molar-refractivity contribution in [1.29, 1.82) is 0 Å². The van der Waals surface area contributed by atoms with Crippen LogP contribution in [0.4, 0.5) is 11.4 Å². The van der Waals surface area contributed by atoms with Crippen molar-refractivity contribution in [2.45, 2.75) is 6.10 Å². The van der Waals surface area contributed by atoms with E-state index >= 15 is 0 Å². The number of para-hydroxylation sites is 2. The van der Waals surface area contributed by atoms with Crippen LogP contribution in [-0.2, 0) is 0 Å². The van der Waals surface area contributed by atoms with E-state index in [1.165, 1.54) is 0 Å². The Balaban J connectivity index is 1.31. The molecule has 0 saturated heterocycles. The van der Waals surface area contributed by atoms with Crippen LogP contribution in [0.3, 0.4) is 0 Å². The highest BCUT2D eigenvalue weighted by atomic mass is 16.3. The van der Waals surface area contributed by atoms with E-state index in [0.29, 0.717) is 19.0 Å². The summed E-state index contributed by atoms with van der Waals surface area (Å²) in [7, 11) is 0. The number of aliphatic hydroxyl groups is 1. The maximum Gasteiger partial charge on any atom is 0.227 e. The molecule has 0 aliphatic rings. The van der Waals surface area contributed by atoms with Crippen molar-refractivity contribution in [3.05, 3.63) is 72.8 Å². The van der Waals surface area contributed by atoms with Crippen LogP contribution in [0.25, 0.3) is 22.6 Å². The lowest BCUT2D eigenvalue weighted by molar-refractivity contribution is 0.201. The molecule has 0 radical (unpaired) electrons. The largest absolute Gasteiger partial charge is 0.508 e. The number of aliphatic hydroxyl groups excluding tert-OH is 1. The van der Waals surface area contributed by atoms with Crippen molar-refractivity contribution in [2.24, 2.45) is 0 Å². The Morgan fingerprint density at radius 3 is 2.07 bits per heavy atom. The van der Waals surface area contributed by atoms with E-state index in [1.54, 1.807) is 24.3 Å². The number of benzene rings is 3. The number of fused-ring (bicyclic) bond motifs is 1. The maximum absolute atomic E-state index is 10.1. The fourth-order valence-electron chi connectivity index (χ4n) is 2.85. The van der Waals surface area contributed by atoms with Gasteiger partial charge in [-0.3, -0.25) is 0 Å². The Kier molecular flexibility index (Phi) is 5.12. The fourth-order valence-corrected chi connectivity index (χ4v) is 2.85. The van der Waals surface area contributed by atoms with E-state index in [2.05, 4.69) is 15.6 Å². The van der Waals surface area contributed by atoms with E-state index in [0.717, 1.165) is 28.0 Å². The minimum absolute atomic E-state index is 0.217. The summed E-state index contributed by atoms with van der Waals surface area (Å²) in [6.45, 7) is 0.812. The maximum atomic E-state index is 10.1. The first-order chi connectivity index (χ1) is 13.7. The zero-order valence-corrected chi connectivity index (χ0v) is 15.2. The van der Waals surface area contributed by atoms with Gasteiger partial charge in [0.1, 0.15) is 11.3 Å². The number of hydrogen-bond acceptors (Lipinski definition) is 6. The summed E-state index contributed by atoms with van der Waals surface area (Å²) in [6, 6.07) is 22.2. The fraction of sp³-hybridized carbons (Fsp3) is 0.136. The SMILES string of the molecule is Oc1ccc(NCC(O)CNc2ccc(-c3nc4ccccc4o3)cc2)cc1. The van der Waals surface area contributed by atoms with Gasteiger partial charge in [-0.15, -0.1) is 0 Å². The van der Waals surface area contributed by atoms with Gasteiger partial charge < -0.3 is 25.3 Å². The number of phenols is 1. The molecule has 4 rings (SSSR count). The molecule has 0 fully saturated rings. The summed E-state index contributed by atoms with van der Waals surface area (Å²) in [6.07, 6.45) is -0.564. The quantitative estimate of drug-likeness (QED) is 0.364. The lowest BCUT2D eigenvalue weighted by atomic mass is 10.2. The number of rotatable bonds is 7. The Bertz CT molecular complexity index is 1010. The minimum Gasteiger partial charge on any atom is -0.508 e. The van der Waals surface area contributed by atoms with Crippen LogP contribution in [0.5, 0.6) is 5.75 Å². The molecule has 6 nitrogen and oxygen atoms in total. The summed E-state index contributed by atoms with van der Waals surface area (Å²) in [5, 5.41) is 25.8. The number of nitrogens with one attached hydrogen (secondary N) is 2. The first-order valence-electron chi connectivity index (χ1n) is 9.08. The first kappa shape index (κ1) is 17.9. The van der Waals surface area contributed by atoms with Gasteiger partial charge in [-0.05, 0) is 60.7 Å². The van der Waals surface area contributed by atoms with Crippen LogP contribution in [0, 0.1) is 0 Å². The Labute approximate surface area is 162 Å². The molecule has 0 aliphatic carbocycles. The molecule has 3 aromatic carbocycles. The third-order valence-corrected chi connectivity index (χ3v) is 4.38. The van der Waals surface area contributed by atoms with Crippen molar-refractivity contribution in [3.8, 4) is 17.2 Å². The molecule has 1 aromatic heterocycles. The number of aromatic hydroxyl groups is 1. The molecule has 0 aliphatic heterocycles. The number of hydrogen-bond donors (Lipinski definition) is 4. The second kappa shape index (κ2) is 8.02. The van der Waals surface area contributed by atoms with Gasteiger partial charge >= 0.3 is 0 Å². The zero-order valence-electron chi connectivity index (χ0n) is 15.2. The molecular formula is C22H21N3O3. The predicted molar refractivity (Wildman–Crippen MR) is 111 cm³/mol. The van der Waals surface area contributed by atoms with Crippen molar-refractivity contribution in [2.75, 3.05) is 23.7 Å². The molecule has 0 saturated carbocycles. The average Bonchev–Trinajstić information content (AvgIpc) is 3.16. The molecule has 0 spiro atoms. The molecule has 1 atom stereocenters. The number of aromatic nitrogens is 1. The Hall–Kier alpha value is -3.51. The molecule has 1 unspecified atom stereocenters. The third kappa shape index (κ3) is 4.24. The van der Waals surface area contributed by atoms with E-state index in [-0.39, 0.29) is 5.75 Å². The van der Waals surface area contributed by atoms with Crippen molar-refractivity contribution in [1.82, 2.24) is 4.98 Å². The molecule has 4 N–H and O–H groups in total. The summed E-state index contributed by atoms with van der Waals surface area (Å²) in [4.78, 5) is 4.49. The van der Waals surface area contributed by atoms with Gasteiger partial charge in [0.2, 0.25) is 5.89 Å². The third-order valence-electron chi connectivity index (χ3n) is 4.38. The molecule has 28 heavy (non-hydrogen) atoms. The van der Waals surface area contributed by atoms with Gasteiger partial charge in [-0.25, -0.2) is 4.98 Å². The molecular weight excluding hydrogens is 354 g/mol. The van der Waals surface area contributed by atoms with Crippen molar-refractivity contribution < 1.29 is 14.6 Å². The molecule has 6 heteroatoms. The highest BCUT2D eigenvalue weighted by molar-refractivity contribution is 5.76. The lowest BCUT2D eigenvalue weighted by Crippen LogP contribution is -2.27. The minimum atomic E-state index is -0.564. The number of phenolic OH excluding ortho intramolecular Hbond substituents is 1. The summed E-state index contributed by atoms with van der Waals surface area (Å²) in [5.74, 6) is 0.806. The van der Waals surface area contributed by atoms with Gasteiger partial charge in [0.25, 0.3) is 0 Å². The second-order valence-electron chi connectivity index (χ2n) is 6.53. The first-order valence-corrected chi connectivity index (χ1v) is 9.08. The zero-order chi connectivity index (χ0) is 19.3. The monoisotopic (exact) mass is 375 g/mol. The molecule has 0 amide bonds. The Morgan fingerprint density at radius 2 is 1.43 bits per heavy atom. The number of anilines is 2. The van der Waals surface area contributed by atoms with E-state index in [4.69, 9.17) is 4.42 Å². The van der Waals surface area contributed by atoms with E-state index in [1.807, 2.05) is 48.5 Å². The van der Waals surface area contributed by atoms with E-state index in [9.17, 15) is 10.2 Å². The summed E-state index contributed by atoms with van der Waals surface area (Å²) in [5.41, 5.74) is 4.26. The van der Waals surface area contributed by atoms with Crippen LogP contribution >= 0.6 is 0 Å². The van der Waals surface area contributed by atoms with Crippen molar-refractivity contribution in [3.63, 3.8) is 0 Å². The van der Waals surface area contributed by atoms with Gasteiger partial charge in [-0.1, -0.05) is 12.1 Å². The highest BCUT2D eigenvalue weighted by Gasteiger charge is 2.08. The topological polar surface area (TPSA) is 90.5 Å². The van der Waals surface area contributed by atoms with Crippen LogP contribution in [0.1, 0.15) is 0 Å². The Morgan fingerprint density at radius 1 is 0.821 bits per heavy atom. The molecule has 4 aromatic rings. The van der Waals surface area contributed by atoms with Crippen LogP contribution in [0.2, 0.25) is 0 Å². The van der Waals surface area contributed by atoms with Crippen LogP contribution < -0.4 is 10.6 Å². The smallest absolute Gasteiger partial charge is 0.227 e. The average molecular weight is 375 g/mol. The van der Waals surface area contributed by atoms with Gasteiger partial charge in [0.05, 0.1) is 6.10 Å². The molecule has 0 bridgehead atoms. The number of nitrogens with zero attached hydrogens (tertiary/aromatic N) is 1. The number of oxazole rings is 1. The second-order valence-corrected chi connectivity index (χ2v) is 6.53. The summed E-state index contributed by atoms with van der Waals surface area (Å²) < 4.78 is 5.78. The van der Waals surface area contributed by atoms with Crippen LogP contribution in [0.15, 0.2) is 77.2 Å². The predicted octanol–water partition coefficient (Wildman–Crippen LogP) is 4.09. The molecule has 1 heterocycles. The van der Waals surface area contributed by atoms with Gasteiger partial charge in [0.15, 0.2) is 5.58 Å².